The van der Waals surface area contributed by atoms with Gasteiger partial charge in [-0.25, -0.2) is 0 Å². The summed E-state index contributed by atoms with van der Waals surface area (Å²) in [6, 6.07) is 7.43. The van der Waals surface area contributed by atoms with Crippen LogP contribution in [0.3, 0.4) is 0 Å². The van der Waals surface area contributed by atoms with Crippen LogP contribution >= 0.6 is 0 Å². The molecule has 2 saturated heterocycles. The normalized spacial score (nSPS) is 26.3. The Kier molecular flexibility index (Phi) is 4.64. The fourth-order valence-electron chi connectivity index (χ4n) is 3.38. The first-order valence-corrected chi connectivity index (χ1v) is 8.10. The predicted molar refractivity (Wildman–Crippen MR) is 86.7 cm³/mol. The van der Waals surface area contributed by atoms with E-state index in [1.807, 2.05) is 17.0 Å². The van der Waals surface area contributed by atoms with E-state index in [9.17, 15) is 4.79 Å². The van der Waals surface area contributed by atoms with Crippen LogP contribution in [0.1, 0.15) is 23.7 Å². The Labute approximate surface area is 132 Å². The lowest BCUT2D eigenvalue weighted by Crippen LogP contribution is -2.54. The van der Waals surface area contributed by atoms with Crippen molar-refractivity contribution in [3.63, 3.8) is 0 Å². The number of nitrogens with zero attached hydrogens (tertiary/aromatic N) is 2. The van der Waals surface area contributed by atoms with Crippen LogP contribution in [-0.4, -0.2) is 61.1 Å². The molecule has 0 spiro atoms. The molecule has 5 heteroatoms. The number of nitrogens with two attached hydrogens (primary N) is 1. The minimum atomic E-state index is 0.108. The summed E-state index contributed by atoms with van der Waals surface area (Å²) in [7, 11) is 0. The van der Waals surface area contributed by atoms with Gasteiger partial charge >= 0.3 is 0 Å². The molecule has 2 atom stereocenters. The van der Waals surface area contributed by atoms with Crippen LogP contribution in [0.5, 0.6) is 0 Å². The van der Waals surface area contributed by atoms with Gasteiger partial charge in [0, 0.05) is 50.1 Å². The average molecular weight is 303 g/mol. The zero-order valence-electron chi connectivity index (χ0n) is 13.2. The van der Waals surface area contributed by atoms with E-state index in [-0.39, 0.29) is 11.9 Å². The molecule has 2 N–H and O–H groups in total. The van der Waals surface area contributed by atoms with Crippen molar-refractivity contribution >= 4 is 11.6 Å². The van der Waals surface area contributed by atoms with E-state index >= 15 is 0 Å². The van der Waals surface area contributed by atoms with Gasteiger partial charge in [0.05, 0.1) is 6.61 Å². The number of rotatable bonds is 3. The van der Waals surface area contributed by atoms with Crippen molar-refractivity contribution in [2.24, 2.45) is 5.92 Å². The van der Waals surface area contributed by atoms with Crippen molar-refractivity contribution < 1.29 is 9.53 Å². The molecule has 3 rings (SSSR count). The van der Waals surface area contributed by atoms with Crippen molar-refractivity contribution in [3.8, 4) is 0 Å². The van der Waals surface area contributed by atoms with E-state index in [2.05, 4.69) is 11.8 Å². The van der Waals surface area contributed by atoms with Crippen molar-refractivity contribution in [2.75, 3.05) is 45.1 Å². The van der Waals surface area contributed by atoms with E-state index in [1.165, 1.54) is 6.42 Å². The lowest BCUT2D eigenvalue weighted by Gasteiger charge is -2.40. The number of carbonyl (C=O) groups is 1. The summed E-state index contributed by atoms with van der Waals surface area (Å²) in [5.74, 6) is 0.767. The van der Waals surface area contributed by atoms with Gasteiger partial charge < -0.3 is 15.4 Å². The SMILES string of the molecule is C[C@H]1CN(CC2CCOC2)CCN1C(=O)c1ccc(N)cc1. The quantitative estimate of drug-likeness (QED) is 0.859. The number of benzene rings is 1. The van der Waals surface area contributed by atoms with Crippen LogP contribution in [0.15, 0.2) is 24.3 Å². The number of piperazine rings is 1. The summed E-state index contributed by atoms with van der Waals surface area (Å²) >= 11 is 0. The maximum Gasteiger partial charge on any atom is 0.254 e. The van der Waals surface area contributed by atoms with E-state index < -0.39 is 0 Å². The highest BCUT2D eigenvalue weighted by atomic mass is 16.5. The lowest BCUT2D eigenvalue weighted by atomic mass is 10.1. The first kappa shape index (κ1) is 15.3. The highest BCUT2D eigenvalue weighted by molar-refractivity contribution is 5.94. The minimum Gasteiger partial charge on any atom is -0.399 e. The number of nitrogen functional groups attached to an aromatic ring is 1. The van der Waals surface area contributed by atoms with Gasteiger partial charge in [0.15, 0.2) is 0 Å². The number of hydrogen-bond donors (Lipinski definition) is 1. The van der Waals surface area contributed by atoms with Crippen LogP contribution in [0.25, 0.3) is 0 Å². The number of amides is 1. The van der Waals surface area contributed by atoms with E-state index in [1.54, 1.807) is 12.1 Å². The molecule has 5 nitrogen and oxygen atoms in total. The smallest absolute Gasteiger partial charge is 0.254 e. The highest BCUT2D eigenvalue weighted by Crippen LogP contribution is 2.19. The summed E-state index contributed by atoms with van der Waals surface area (Å²) in [6.45, 7) is 7.69. The molecule has 1 aromatic rings. The second kappa shape index (κ2) is 6.67. The van der Waals surface area contributed by atoms with Crippen molar-refractivity contribution in [2.45, 2.75) is 19.4 Å². The Bertz CT molecular complexity index is 511. The molecule has 2 fully saturated rings. The first-order chi connectivity index (χ1) is 10.6. The van der Waals surface area contributed by atoms with E-state index in [0.29, 0.717) is 11.6 Å². The molecule has 120 valence electrons. The van der Waals surface area contributed by atoms with Crippen LogP contribution < -0.4 is 5.73 Å². The standard InChI is InChI=1S/C17H25N3O2/c1-13-10-19(11-14-6-9-22-12-14)7-8-20(13)17(21)15-2-4-16(18)5-3-15/h2-5,13-14H,6-12,18H2,1H3/t13-,14?/m0/s1. The largest absolute Gasteiger partial charge is 0.399 e. The third kappa shape index (κ3) is 3.42. The van der Waals surface area contributed by atoms with Crippen LogP contribution in [0, 0.1) is 5.92 Å². The maximum absolute atomic E-state index is 12.6. The van der Waals surface area contributed by atoms with Crippen molar-refractivity contribution in [1.82, 2.24) is 9.80 Å². The molecule has 1 unspecified atom stereocenters. The van der Waals surface area contributed by atoms with Gasteiger partial charge in [0.25, 0.3) is 5.91 Å². The van der Waals surface area contributed by atoms with Crippen LogP contribution in [0.2, 0.25) is 0 Å². The maximum atomic E-state index is 12.6. The van der Waals surface area contributed by atoms with Crippen LogP contribution in [-0.2, 0) is 4.74 Å². The van der Waals surface area contributed by atoms with E-state index in [4.69, 9.17) is 10.5 Å². The Morgan fingerprint density at radius 1 is 1.32 bits per heavy atom. The number of ether oxygens (including phenoxy) is 1. The molecule has 2 aliphatic heterocycles. The monoisotopic (exact) mass is 303 g/mol. The first-order valence-electron chi connectivity index (χ1n) is 8.10. The van der Waals surface area contributed by atoms with Crippen molar-refractivity contribution in [3.05, 3.63) is 29.8 Å². The van der Waals surface area contributed by atoms with E-state index in [0.717, 1.165) is 45.0 Å². The van der Waals surface area contributed by atoms with Gasteiger partial charge in [0.1, 0.15) is 0 Å². The molecule has 1 aromatic carbocycles. The minimum absolute atomic E-state index is 0.108. The van der Waals surface area contributed by atoms with Crippen LogP contribution in [0.4, 0.5) is 5.69 Å². The second-order valence-electron chi connectivity index (χ2n) is 6.46. The fourth-order valence-corrected chi connectivity index (χ4v) is 3.38. The molecule has 0 aromatic heterocycles. The van der Waals surface area contributed by atoms with Gasteiger partial charge in [0.2, 0.25) is 0 Å². The number of carbonyl (C=O) groups excluding carboxylic acids is 1. The average Bonchev–Trinajstić information content (AvgIpc) is 3.00. The third-order valence-corrected chi connectivity index (χ3v) is 4.67. The zero-order valence-corrected chi connectivity index (χ0v) is 13.2. The molecule has 0 aliphatic carbocycles. The molecule has 0 bridgehead atoms. The lowest BCUT2D eigenvalue weighted by molar-refractivity contribution is 0.0452. The summed E-state index contributed by atoms with van der Waals surface area (Å²) in [5, 5.41) is 0. The molecule has 0 saturated carbocycles. The number of hydrogen-bond acceptors (Lipinski definition) is 4. The molecule has 2 aliphatic rings. The molecule has 2 heterocycles. The zero-order chi connectivity index (χ0) is 15.5. The summed E-state index contributed by atoms with van der Waals surface area (Å²) in [4.78, 5) is 17.1. The molecule has 0 radical (unpaired) electrons. The molecule has 1 amide bonds. The van der Waals surface area contributed by atoms with Gasteiger partial charge in [-0.3, -0.25) is 9.69 Å². The topological polar surface area (TPSA) is 58.8 Å². The summed E-state index contributed by atoms with van der Waals surface area (Å²) in [6.07, 6.45) is 1.17. The van der Waals surface area contributed by atoms with Gasteiger partial charge in [-0.15, -0.1) is 0 Å². The number of anilines is 1. The molecular formula is C17H25N3O2. The second-order valence-corrected chi connectivity index (χ2v) is 6.46. The summed E-state index contributed by atoms with van der Waals surface area (Å²) in [5.41, 5.74) is 7.10. The van der Waals surface area contributed by atoms with Gasteiger partial charge in [-0.05, 0) is 43.5 Å². The highest BCUT2D eigenvalue weighted by Gasteiger charge is 2.29. The Balaban J connectivity index is 1.57. The van der Waals surface area contributed by atoms with Crippen molar-refractivity contribution in [1.29, 1.82) is 0 Å². The fraction of sp³-hybridized carbons (Fsp3) is 0.588. The Hall–Kier alpha value is -1.59. The Morgan fingerprint density at radius 3 is 2.73 bits per heavy atom. The Morgan fingerprint density at radius 2 is 2.09 bits per heavy atom. The molecular weight excluding hydrogens is 278 g/mol. The summed E-state index contributed by atoms with van der Waals surface area (Å²) < 4.78 is 5.45. The third-order valence-electron chi connectivity index (χ3n) is 4.67. The van der Waals surface area contributed by atoms with Gasteiger partial charge in [-0.2, -0.15) is 0 Å². The predicted octanol–water partition coefficient (Wildman–Crippen LogP) is 1.45. The van der Waals surface area contributed by atoms with Gasteiger partial charge in [-0.1, -0.05) is 0 Å². The molecule has 22 heavy (non-hydrogen) atoms.